The molecule has 0 amide bonds. The van der Waals surface area contributed by atoms with Gasteiger partial charge in [-0.15, -0.1) is 0 Å². The molecule has 0 fully saturated rings. The van der Waals surface area contributed by atoms with E-state index in [1.165, 1.54) is 13.2 Å². The van der Waals surface area contributed by atoms with Crippen LogP contribution in [0.2, 0.25) is 0 Å². The number of rotatable bonds is 2. The van der Waals surface area contributed by atoms with Crippen molar-refractivity contribution >= 4 is 0 Å². The predicted molar refractivity (Wildman–Crippen MR) is 76.1 cm³/mol. The molecule has 0 aromatic heterocycles. The quantitative estimate of drug-likeness (QED) is 0.792. The van der Waals surface area contributed by atoms with Gasteiger partial charge in [-0.3, -0.25) is 0 Å². The molecule has 5 nitrogen and oxygen atoms in total. The Kier molecular flexibility index (Phi) is 3.25. The summed E-state index contributed by atoms with van der Waals surface area (Å²) in [4.78, 5) is 0. The molecule has 0 unspecified atom stereocenters. The number of methoxy groups -OCH3 is 1. The van der Waals surface area contributed by atoms with Crippen LogP contribution in [0.15, 0.2) is 30.3 Å². The number of para-hydroxylation sites is 1. The highest BCUT2D eigenvalue weighted by Gasteiger charge is 2.29. The normalized spacial score (nSPS) is 16.9. The average Bonchev–Trinajstić information content (AvgIpc) is 2.47. The van der Waals surface area contributed by atoms with Crippen LogP contribution in [0.1, 0.15) is 23.7 Å². The van der Waals surface area contributed by atoms with Gasteiger partial charge in [0.15, 0.2) is 11.5 Å². The maximum absolute atomic E-state index is 9.94. The van der Waals surface area contributed by atoms with Crippen LogP contribution in [-0.4, -0.2) is 22.4 Å². The van der Waals surface area contributed by atoms with E-state index in [1.54, 1.807) is 18.2 Å². The molecule has 0 saturated carbocycles. The maximum Gasteiger partial charge on any atom is 0.203 e. The van der Waals surface area contributed by atoms with Gasteiger partial charge in [0.05, 0.1) is 7.11 Å². The lowest BCUT2D eigenvalue weighted by atomic mass is 9.95. The molecule has 2 aromatic carbocycles. The lowest BCUT2D eigenvalue weighted by Gasteiger charge is -2.28. The zero-order valence-corrected chi connectivity index (χ0v) is 11.5. The van der Waals surface area contributed by atoms with Gasteiger partial charge in [-0.25, -0.2) is 0 Å². The van der Waals surface area contributed by atoms with Gasteiger partial charge < -0.3 is 24.8 Å². The van der Waals surface area contributed by atoms with Crippen LogP contribution in [0.4, 0.5) is 0 Å². The Morgan fingerprint density at radius 1 is 1.10 bits per heavy atom. The van der Waals surface area contributed by atoms with Gasteiger partial charge in [-0.05, 0) is 18.9 Å². The molecule has 2 aromatic rings. The Morgan fingerprint density at radius 2 is 1.86 bits per heavy atom. The molecule has 0 saturated heterocycles. The van der Waals surface area contributed by atoms with Gasteiger partial charge in [0.2, 0.25) is 5.75 Å². The average molecular weight is 288 g/mol. The first-order valence-electron chi connectivity index (χ1n) is 6.68. The van der Waals surface area contributed by atoms with Crippen LogP contribution in [0.3, 0.4) is 0 Å². The van der Waals surface area contributed by atoms with Gasteiger partial charge in [0.25, 0.3) is 0 Å². The van der Waals surface area contributed by atoms with Crippen molar-refractivity contribution in [3.63, 3.8) is 0 Å². The zero-order chi connectivity index (χ0) is 15.0. The van der Waals surface area contributed by atoms with Crippen LogP contribution < -0.4 is 9.47 Å². The maximum atomic E-state index is 9.94. The fourth-order valence-electron chi connectivity index (χ4n) is 2.67. The predicted octanol–water partition coefficient (Wildman–Crippen LogP) is 2.88. The molecule has 1 aliphatic heterocycles. The highest BCUT2D eigenvalue weighted by atomic mass is 16.5. The molecule has 21 heavy (non-hydrogen) atoms. The molecule has 3 rings (SSSR count). The molecule has 3 N–H and O–H groups in total. The zero-order valence-electron chi connectivity index (χ0n) is 11.5. The van der Waals surface area contributed by atoms with Crippen LogP contribution >= 0.6 is 0 Å². The number of fused-ring (bicyclic) bond motifs is 1. The molecule has 0 radical (unpaired) electrons. The van der Waals surface area contributed by atoms with Crippen molar-refractivity contribution in [1.82, 2.24) is 0 Å². The first kappa shape index (κ1) is 13.4. The highest BCUT2D eigenvalue weighted by molar-refractivity contribution is 5.61. The Balaban J connectivity index is 2.04. The van der Waals surface area contributed by atoms with E-state index in [2.05, 4.69) is 0 Å². The molecular weight excluding hydrogens is 272 g/mol. The Labute approximate surface area is 122 Å². The smallest absolute Gasteiger partial charge is 0.203 e. The van der Waals surface area contributed by atoms with Crippen molar-refractivity contribution in [1.29, 1.82) is 0 Å². The molecule has 1 aliphatic rings. The van der Waals surface area contributed by atoms with Crippen LogP contribution in [0, 0.1) is 0 Å². The summed E-state index contributed by atoms with van der Waals surface area (Å²) in [5.74, 6) is 0.498. The molecule has 1 heterocycles. The van der Waals surface area contributed by atoms with Crippen molar-refractivity contribution in [2.75, 3.05) is 7.11 Å². The van der Waals surface area contributed by atoms with Gasteiger partial charge >= 0.3 is 0 Å². The minimum atomic E-state index is -0.353. The Bertz CT molecular complexity index is 660. The molecule has 110 valence electrons. The summed E-state index contributed by atoms with van der Waals surface area (Å²) in [7, 11) is 1.43. The largest absolute Gasteiger partial charge is 0.508 e. The van der Waals surface area contributed by atoms with E-state index < -0.39 is 0 Å². The number of hydrogen-bond donors (Lipinski definition) is 3. The summed E-state index contributed by atoms with van der Waals surface area (Å²) in [5, 5.41) is 29.7. The number of ether oxygens (including phenoxy) is 2. The summed E-state index contributed by atoms with van der Waals surface area (Å²) in [6, 6.07) is 8.21. The summed E-state index contributed by atoms with van der Waals surface area (Å²) in [5.41, 5.74) is 1.28. The van der Waals surface area contributed by atoms with Gasteiger partial charge in [0, 0.05) is 17.2 Å². The summed E-state index contributed by atoms with van der Waals surface area (Å²) >= 11 is 0. The van der Waals surface area contributed by atoms with E-state index in [0.29, 0.717) is 29.7 Å². The summed E-state index contributed by atoms with van der Waals surface area (Å²) in [6.07, 6.45) is 0.830. The van der Waals surface area contributed by atoms with Crippen LogP contribution in [0.25, 0.3) is 0 Å². The number of phenols is 3. The third-order valence-electron chi connectivity index (χ3n) is 3.70. The molecular formula is C16H16O5. The highest BCUT2D eigenvalue weighted by Crippen LogP contribution is 2.50. The molecule has 5 heteroatoms. The van der Waals surface area contributed by atoms with Crippen molar-refractivity contribution in [2.24, 2.45) is 0 Å². The van der Waals surface area contributed by atoms with Crippen molar-refractivity contribution in [2.45, 2.75) is 18.9 Å². The minimum absolute atomic E-state index is 0.0148. The molecule has 1 atom stereocenters. The van der Waals surface area contributed by atoms with E-state index in [0.717, 1.165) is 0 Å². The fourth-order valence-corrected chi connectivity index (χ4v) is 2.67. The topological polar surface area (TPSA) is 79.2 Å². The van der Waals surface area contributed by atoms with Crippen LogP contribution in [0.5, 0.6) is 28.7 Å². The van der Waals surface area contributed by atoms with E-state index in [1.807, 2.05) is 6.07 Å². The Morgan fingerprint density at radius 3 is 2.57 bits per heavy atom. The fraction of sp³-hybridized carbons (Fsp3) is 0.250. The SMILES string of the molecule is COc1c(O)cc(O)c2c1O[C@@H](c1ccccc1O)CC2. The third kappa shape index (κ3) is 2.20. The number of hydrogen-bond acceptors (Lipinski definition) is 5. The van der Waals surface area contributed by atoms with Gasteiger partial charge in [-0.2, -0.15) is 0 Å². The van der Waals surface area contributed by atoms with Crippen molar-refractivity contribution in [3.05, 3.63) is 41.5 Å². The summed E-state index contributed by atoms with van der Waals surface area (Å²) < 4.78 is 11.0. The van der Waals surface area contributed by atoms with Gasteiger partial charge in [-0.1, -0.05) is 18.2 Å². The Hall–Kier alpha value is -2.56. The number of aromatic hydroxyl groups is 3. The van der Waals surface area contributed by atoms with Gasteiger partial charge in [0.1, 0.15) is 17.6 Å². The molecule has 0 bridgehead atoms. The van der Waals surface area contributed by atoms with Crippen molar-refractivity contribution in [3.8, 4) is 28.7 Å². The minimum Gasteiger partial charge on any atom is -0.508 e. The molecule has 0 aliphatic carbocycles. The summed E-state index contributed by atoms with van der Waals surface area (Å²) in [6.45, 7) is 0. The standard InChI is InChI=1S/C16H16O5/c1-20-16-13(19)8-12(18)10-6-7-14(21-15(10)16)9-4-2-3-5-11(9)17/h2-5,8,14,17-19H,6-7H2,1H3/t14-/m1/s1. The number of phenolic OH excluding ortho intramolecular Hbond substituents is 3. The monoisotopic (exact) mass is 288 g/mol. The lowest BCUT2D eigenvalue weighted by Crippen LogP contribution is -2.16. The van der Waals surface area contributed by atoms with Crippen molar-refractivity contribution < 1.29 is 24.8 Å². The molecule has 0 spiro atoms. The second-order valence-corrected chi connectivity index (χ2v) is 4.96. The second-order valence-electron chi connectivity index (χ2n) is 4.96. The number of benzene rings is 2. The van der Waals surface area contributed by atoms with E-state index in [-0.39, 0.29) is 29.1 Å². The third-order valence-corrected chi connectivity index (χ3v) is 3.70. The first-order valence-corrected chi connectivity index (χ1v) is 6.68. The van der Waals surface area contributed by atoms with E-state index in [4.69, 9.17) is 9.47 Å². The van der Waals surface area contributed by atoms with E-state index in [9.17, 15) is 15.3 Å². The van der Waals surface area contributed by atoms with E-state index >= 15 is 0 Å². The lowest BCUT2D eigenvalue weighted by molar-refractivity contribution is 0.162. The first-order chi connectivity index (χ1) is 10.1. The second kappa shape index (κ2) is 5.09. The van der Waals surface area contributed by atoms with Crippen LogP contribution in [-0.2, 0) is 6.42 Å².